The van der Waals surface area contributed by atoms with Crippen molar-refractivity contribution in [2.75, 3.05) is 5.32 Å². The molecule has 0 spiro atoms. The fourth-order valence-corrected chi connectivity index (χ4v) is 2.31. The molecule has 0 aliphatic rings. The van der Waals surface area contributed by atoms with Crippen molar-refractivity contribution in [3.05, 3.63) is 52.6 Å². The van der Waals surface area contributed by atoms with E-state index in [9.17, 15) is 4.79 Å². The van der Waals surface area contributed by atoms with Gasteiger partial charge in [-0.3, -0.25) is 4.79 Å². The van der Waals surface area contributed by atoms with Crippen molar-refractivity contribution in [2.45, 2.75) is 27.7 Å². The molecule has 1 amide bonds. The van der Waals surface area contributed by atoms with E-state index in [-0.39, 0.29) is 11.7 Å². The van der Waals surface area contributed by atoms with Crippen molar-refractivity contribution in [1.82, 2.24) is 19.6 Å². The summed E-state index contributed by atoms with van der Waals surface area (Å²) in [6, 6.07) is 7.80. The van der Waals surface area contributed by atoms with Crippen LogP contribution in [0.2, 0.25) is 0 Å². The van der Waals surface area contributed by atoms with Gasteiger partial charge in [0.05, 0.1) is 0 Å². The third kappa shape index (κ3) is 2.55. The molecule has 0 aliphatic heterocycles. The van der Waals surface area contributed by atoms with Gasteiger partial charge in [0.15, 0.2) is 0 Å². The van der Waals surface area contributed by atoms with Gasteiger partial charge in [-0.2, -0.15) is 4.98 Å². The van der Waals surface area contributed by atoms with Gasteiger partial charge in [-0.1, -0.05) is 12.1 Å². The Morgan fingerprint density at radius 3 is 2.64 bits per heavy atom. The molecular formula is C16H17N5O. The molecule has 22 heavy (non-hydrogen) atoms. The Hall–Kier alpha value is -2.76. The lowest BCUT2D eigenvalue weighted by molar-refractivity contribution is 0.101. The first-order valence-corrected chi connectivity index (χ1v) is 7.03. The number of carbonyl (C=O) groups excluding carboxylic acids is 1. The van der Waals surface area contributed by atoms with Crippen molar-refractivity contribution in [3.63, 3.8) is 0 Å². The molecule has 0 aliphatic carbocycles. The molecule has 3 aromatic rings. The third-order valence-corrected chi connectivity index (χ3v) is 3.46. The van der Waals surface area contributed by atoms with E-state index in [0.29, 0.717) is 5.78 Å². The molecule has 2 aromatic heterocycles. The average molecular weight is 295 g/mol. The van der Waals surface area contributed by atoms with Crippen molar-refractivity contribution in [1.29, 1.82) is 0 Å². The molecule has 3 rings (SSSR count). The lowest BCUT2D eigenvalue weighted by atomic mass is 10.1. The van der Waals surface area contributed by atoms with Gasteiger partial charge in [-0.15, -0.1) is 5.10 Å². The third-order valence-electron chi connectivity index (χ3n) is 3.46. The van der Waals surface area contributed by atoms with Crippen LogP contribution in [0.4, 0.5) is 5.69 Å². The molecule has 2 heterocycles. The maximum Gasteiger partial charge on any atom is 0.295 e. The molecule has 1 N–H and O–H groups in total. The van der Waals surface area contributed by atoms with Crippen LogP contribution in [0, 0.1) is 27.7 Å². The van der Waals surface area contributed by atoms with E-state index < -0.39 is 0 Å². The van der Waals surface area contributed by atoms with E-state index >= 15 is 0 Å². The Bertz CT molecular complexity index is 882. The second kappa shape index (κ2) is 5.22. The van der Waals surface area contributed by atoms with Crippen LogP contribution in [-0.4, -0.2) is 25.5 Å². The number of hydrogen-bond donors (Lipinski definition) is 1. The summed E-state index contributed by atoms with van der Waals surface area (Å²) < 4.78 is 1.57. The summed E-state index contributed by atoms with van der Waals surface area (Å²) in [4.78, 5) is 20.9. The SMILES string of the molecule is Cc1ccc(C)c(NC(=O)c2nc3nc(C)cc(C)n3n2)c1. The van der Waals surface area contributed by atoms with Crippen LogP contribution in [0.5, 0.6) is 0 Å². The number of fused-ring (bicyclic) bond motifs is 1. The summed E-state index contributed by atoms with van der Waals surface area (Å²) in [5.74, 6) is 0.210. The second-order valence-electron chi connectivity index (χ2n) is 5.46. The van der Waals surface area contributed by atoms with Crippen LogP contribution in [0.3, 0.4) is 0 Å². The second-order valence-corrected chi connectivity index (χ2v) is 5.46. The molecule has 0 radical (unpaired) electrons. The van der Waals surface area contributed by atoms with E-state index in [1.807, 2.05) is 52.0 Å². The normalized spacial score (nSPS) is 10.9. The van der Waals surface area contributed by atoms with Crippen molar-refractivity contribution < 1.29 is 4.79 Å². The highest BCUT2D eigenvalue weighted by molar-refractivity contribution is 6.02. The minimum atomic E-state index is -0.337. The zero-order chi connectivity index (χ0) is 15.9. The van der Waals surface area contributed by atoms with Gasteiger partial charge in [0.25, 0.3) is 11.7 Å². The van der Waals surface area contributed by atoms with E-state index in [4.69, 9.17) is 0 Å². The maximum absolute atomic E-state index is 12.4. The lowest BCUT2D eigenvalue weighted by Gasteiger charge is -2.07. The van der Waals surface area contributed by atoms with Gasteiger partial charge in [0.2, 0.25) is 5.82 Å². The fraction of sp³-hybridized carbons (Fsp3) is 0.250. The molecule has 112 valence electrons. The average Bonchev–Trinajstić information content (AvgIpc) is 2.87. The lowest BCUT2D eigenvalue weighted by Crippen LogP contribution is -2.15. The maximum atomic E-state index is 12.4. The summed E-state index contributed by atoms with van der Waals surface area (Å²) in [6.07, 6.45) is 0. The molecule has 6 heteroatoms. The number of aryl methyl sites for hydroxylation is 4. The first kappa shape index (κ1) is 14.2. The highest BCUT2D eigenvalue weighted by Gasteiger charge is 2.15. The molecule has 0 bridgehead atoms. The topological polar surface area (TPSA) is 72.2 Å². The minimum absolute atomic E-state index is 0.113. The molecular weight excluding hydrogens is 278 g/mol. The minimum Gasteiger partial charge on any atom is -0.319 e. The van der Waals surface area contributed by atoms with Gasteiger partial charge in [-0.25, -0.2) is 9.50 Å². The Morgan fingerprint density at radius 2 is 1.86 bits per heavy atom. The zero-order valence-corrected chi connectivity index (χ0v) is 13.0. The van der Waals surface area contributed by atoms with Gasteiger partial charge in [-0.05, 0) is 51.0 Å². The predicted molar refractivity (Wildman–Crippen MR) is 84.1 cm³/mol. The number of anilines is 1. The van der Waals surface area contributed by atoms with Gasteiger partial charge in [0.1, 0.15) is 0 Å². The van der Waals surface area contributed by atoms with E-state index in [1.54, 1.807) is 4.52 Å². The first-order chi connectivity index (χ1) is 10.4. The number of aromatic nitrogens is 4. The predicted octanol–water partition coefficient (Wildman–Crippen LogP) is 2.61. The molecule has 0 saturated carbocycles. The zero-order valence-electron chi connectivity index (χ0n) is 13.0. The number of amides is 1. The van der Waals surface area contributed by atoms with Crippen molar-refractivity contribution in [3.8, 4) is 0 Å². The Labute approximate surface area is 128 Å². The monoisotopic (exact) mass is 295 g/mol. The van der Waals surface area contributed by atoms with Crippen LogP contribution < -0.4 is 5.32 Å². The van der Waals surface area contributed by atoms with Crippen LogP contribution in [0.15, 0.2) is 24.3 Å². The van der Waals surface area contributed by atoms with E-state index in [2.05, 4.69) is 20.4 Å². The molecule has 1 aromatic carbocycles. The molecule has 0 unspecified atom stereocenters. The van der Waals surface area contributed by atoms with Crippen LogP contribution in [0.1, 0.15) is 33.1 Å². The number of rotatable bonds is 2. The fourth-order valence-electron chi connectivity index (χ4n) is 2.31. The smallest absolute Gasteiger partial charge is 0.295 e. The van der Waals surface area contributed by atoms with E-state index in [0.717, 1.165) is 28.2 Å². The Balaban J connectivity index is 1.95. The Kier molecular flexibility index (Phi) is 3.36. The summed E-state index contributed by atoms with van der Waals surface area (Å²) in [5.41, 5.74) is 4.58. The summed E-state index contributed by atoms with van der Waals surface area (Å²) in [5, 5.41) is 7.09. The quantitative estimate of drug-likeness (QED) is 0.788. The first-order valence-electron chi connectivity index (χ1n) is 7.03. The number of carbonyl (C=O) groups is 1. The van der Waals surface area contributed by atoms with Crippen molar-refractivity contribution >= 4 is 17.4 Å². The van der Waals surface area contributed by atoms with Crippen molar-refractivity contribution in [2.24, 2.45) is 0 Å². The number of nitrogens with zero attached hydrogens (tertiary/aromatic N) is 4. The summed E-state index contributed by atoms with van der Waals surface area (Å²) >= 11 is 0. The summed E-state index contributed by atoms with van der Waals surface area (Å²) in [7, 11) is 0. The number of benzene rings is 1. The van der Waals surface area contributed by atoms with Gasteiger partial charge < -0.3 is 5.32 Å². The molecule has 0 fully saturated rings. The standard InChI is InChI=1S/C16H17N5O/c1-9-5-6-10(2)13(7-9)18-15(22)14-19-16-17-11(3)8-12(4)21(16)20-14/h5-8H,1-4H3,(H,18,22). The molecule has 6 nitrogen and oxygen atoms in total. The Morgan fingerprint density at radius 1 is 1.09 bits per heavy atom. The van der Waals surface area contributed by atoms with Crippen LogP contribution in [0.25, 0.3) is 5.78 Å². The largest absolute Gasteiger partial charge is 0.319 e. The highest BCUT2D eigenvalue weighted by Crippen LogP contribution is 2.17. The van der Waals surface area contributed by atoms with E-state index in [1.165, 1.54) is 0 Å². The van der Waals surface area contributed by atoms with Crippen LogP contribution >= 0.6 is 0 Å². The number of nitrogens with one attached hydrogen (secondary N) is 1. The molecule has 0 saturated heterocycles. The van der Waals surface area contributed by atoms with Crippen LogP contribution in [-0.2, 0) is 0 Å². The number of hydrogen-bond acceptors (Lipinski definition) is 4. The highest BCUT2D eigenvalue weighted by atomic mass is 16.2. The molecule has 0 atom stereocenters. The van der Waals surface area contributed by atoms with Gasteiger partial charge >= 0.3 is 0 Å². The van der Waals surface area contributed by atoms with Gasteiger partial charge in [0, 0.05) is 17.1 Å². The summed E-state index contributed by atoms with van der Waals surface area (Å²) in [6.45, 7) is 7.72.